The predicted molar refractivity (Wildman–Crippen MR) is 340 cm³/mol. The first-order valence-electron chi connectivity index (χ1n) is 29.6. The highest BCUT2D eigenvalue weighted by molar-refractivity contribution is 5.91. The van der Waals surface area contributed by atoms with Crippen molar-refractivity contribution in [3.63, 3.8) is 0 Å². The molecule has 0 fully saturated rings. The molecule has 11 aromatic rings. The van der Waals surface area contributed by atoms with E-state index in [0.717, 1.165) is 55.6 Å². The lowest BCUT2D eigenvalue weighted by Crippen LogP contribution is -2.35. The third kappa shape index (κ3) is 15.2. The maximum Gasteiger partial charge on any atom is 0.338 e. The summed E-state index contributed by atoms with van der Waals surface area (Å²) in [6.45, 7) is 1.69. The standard InChI is InChI=1S/C78H66O10/c79-78(65-45-72(84-53-61-35-19-6-20-36-61)77(86-55-63-39-23-8-24-40-63)73(46-65)85-54-62-37-21-7-22-38-62)87-74-47-67-70(82-51-59-31-15-4-16-32-59)48-69(81-50-58-29-13-3-14-30-58)66(43-56-25-9-1-10-26-56)76(67)88-75(74)64-41-42-68(80-49-57-27-11-2-12-28-57)71(44-64)83-52-60-33-17-5-18-34-60/h1-42,44-46,48,74-75H,43,47,49-55H2. The zero-order chi connectivity index (χ0) is 59.5. The first-order valence-corrected chi connectivity index (χ1v) is 29.6. The lowest BCUT2D eigenvalue weighted by atomic mass is 9.90. The molecule has 1 aliphatic heterocycles. The van der Waals surface area contributed by atoms with Crippen LogP contribution in [-0.2, 0) is 63.8 Å². The van der Waals surface area contributed by atoms with Gasteiger partial charge in [-0.2, -0.15) is 0 Å². The van der Waals surface area contributed by atoms with E-state index in [1.807, 2.05) is 255 Å². The molecule has 2 atom stereocenters. The van der Waals surface area contributed by atoms with Crippen molar-refractivity contribution in [3.8, 4) is 46.0 Å². The van der Waals surface area contributed by atoms with Crippen molar-refractivity contribution in [3.05, 3.63) is 346 Å². The molecule has 0 saturated carbocycles. The van der Waals surface area contributed by atoms with Crippen LogP contribution < -0.4 is 37.9 Å². The third-order valence-electron chi connectivity index (χ3n) is 15.1. The van der Waals surface area contributed by atoms with E-state index in [2.05, 4.69) is 12.1 Å². The summed E-state index contributed by atoms with van der Waals surface area (Å²) in [5, 5.41) is 0. The fourth-order valence-electron chi connectivity index (χ4n) is 10.5. The van der Waals surface area contributed by atoms with E-state index >= 15 is 4.79 Å². The predicted octanol–water partition coefficient (Wildman–Crippen LogP) is 17.2. The minimum atomic E-state index is -0.964. The highest BCUT2D eigenvalue weighted by Gasteiger charge is 2.40. The number of hydrogen-bond acceptors (Lipinski definition) is 10. The molecule has 0 bridgehead atoms. The maximum absolute atomic E-state index is 15.6. The van der Waals surface area contributed by atoms with Gasteiger partial charge in [-0.15, -0.1) is 0 Å². The second-order valence-electron chi connectivity index (χ2n) is 21.4. The van der Waals surface area contributed by atoms with Crippen LogP contribution in [0.1, 0.15) is 77.7 Å². The van der Waals surface area contributed by atoms with Crippen molar-refractivity contribution in [2.24, 2.45) is 0 Å². The van der Waals surface area contributed by atoms with Gasteiger partial charge in [-0.05, 0) is 68.8 Å². The van der Waals surface area contributed by atoms with Crippen molar-refractivity contribution in [1.29, 1.82) is 0 Å². The molecular formula is C78H66O10. The van der Waals surface area contributed by atoms with Crippen molar-refractivity contribution >= 4 is 5.97 Å². The Morgan fingerprint density at radius 3 is 1.11 bits per heavy atom. The van der Waals surface area contributed by atoms with E-state index in [4.69, 9.17) is 42.6 Å². The number of esters is 1. The topological polar surface area (TPSA) is 100 Å². The molecule has 0 N–H and O–H groups in total. The number of benzene rings is 11. The van der Waals surface area contributed by atoms with Crippen molar-refractivity contribution in [1.82, 2.24) is 0 Å². The van der Waals surface area contributed by atoms with Crippen molar-refractivity contribution in [2.75, 3.05) is 0 Å². The fraction of sp³-hybridized carbons (Fsp3) is 0.141. The van der Waals surface area contributed by atoms with E-state index < -0.39 is 18.2 Å². The lowest BCUT2D eigenvalue weighted by Gasteiger charge is -2.36. The smallest absolute Gasteiger partial charge is 0.338 e. The third-order valence-corrected chi connectivity index (χ3v) is 15.1. The van der Waals surface area contributed by atoms with Gasteiger partial charge in [0.15, 0.2) is 29.1 Å². The summed E-state index contributed by atoms with van der Waals surface area (Å²) in [5.74, 6) is 3.02. The highest BCUT2D eigenvalue weighted by Crippen LogP contribution is 2.50. The van der Waals surface area contributed by atoms with Gasteiger partial charge in [-0.3, -0.25) is 0 Å². The van der Waals surface area contributed by atoms with E-state index in [1.54, 1.807) is 12.1 Å². The zero-order valence-corrected chi connectivity index (χ0v) is 48.7. The Morgan fingerprint density at radius 2 is 0.693 bits per heavy atom. The molecule has 438 valence electrons. The van der Waals surface area contributed by atoms with Crippen LogP contribution in [0.4, 0.5) is 0 Å². The Morgan fingerprint density at radius 1 is 0.341 bits per heavy atom. The average Bonchev–Trinajstić information content (AvgIpc) is 1.77. The van der Waals surface area contributed by atoms with Gasteiger partial charge in [0.2, 0.25) is 5.75 Å². The number of ether oxygens (including phenoxy) is 9. The Kier molecular flexibility index (Phi) is 19.0. The summed E-state index contributed by atoms with van der Waals surface area (Å²) >= 11 is 0. The van der Waals surface area contributed by atoms with E-state index in [1.165, 1.54) is 0 Å². The molecular weight excluding hydrogens is 1100 g/mol. The molecule has 2 unspecified atom stereocenters. The minimum Gasteiger partial charge on any atom is -0.488 e. The molecule has 10 heteroatoms. The Bertz CT molecular complexity index is 3920. The minimum absolute atomic E-state index is 0.175. The molecule has 10 nitrogen and oxygen atoms in total. The average molecular weight is 1160 g/mol. The Hall–Kier alpha value is -10.7. The molecule has 0 spiro atoms. The molecule has 0 aliphatic carbocycles. The van der Waals surface area contributed by atoms with Gasteiger partial charge in [0, 0.05) is 35.6 Å². The molecule has 0 aromatic heterocycles. The monoisotopic (exact) mass is 1160 g/mol. The molecule has 1 heterocycles. The summed E-state index contributed by atoms with van der Waals surface area (Å²) in [6, 6.07) is 91.0. The summed E-state index contributed by atoms with van der Waals surface area (Å²) in [4.78, 5) is 15.6. The molecule has 0 amide bonds. The number of rotatable bonds is 26. The van der Waals surface area contributed by atoms with Crippen LogP contribution in [0.15, 0.2) is 279 Å². The van der Waals surface area contributed by atoms with Gasteiger partial charge in [-0.25, -0.2) is 4.79 Å². The summed E-state index contributed by atoms with van der Waals surface area (Å²) < 4.78 is 61.5. The largest absolute Gasteiger partial charge is 0.488 e. The second kappa shape index (κ2) is 28.9. The van der Waals surface area contributed by atoms with Gasteiger partial charge in [0.05, 0.1) is 5.56 Å². The molecule has 11 aromatic carbocycles. The quantitative estimate of drug-likeness (QED) is 0.0487. The van der Waals surface area contributed by atoms with E-state index in [0.29, 0.717) is 71.2 Å². The van der Waals surface area contributed by atoms with Crippen LogP contribution in [-0.4, -0.2) is 12.1 Å². The van der Waals surface area contributed by atoms with Crippen LogP contribution in [0.25, 0.3) is 0 Å². The van der Waals surface area contributed by atoms with Gasteiger partial charge in [0.1, 0.15) is 69.6 Å². The van der Waals surface area contributed by atoms with Gasteiger partial charge in [-0.1, -0.05) is 249 Å². The highest BCUT2D eigenvalue weighted by atomic mass is 16.6. The maximum atomic E-state index is 15.6. The first kappa shape index (κ1) is 57.7. The van der Waals surface area contributed by atoms with Crippen LogP contribution in [0.3, 0.4) is 0 Å². The number of carbonyl (C=O) groups excluding carboxylic acids is 1. The fourth-order valence-corrected chi connectivity index (χ4v) is 10.5. The normalized spacial score (nSPS) is 13.2. The zero-order valence-electron chi connectivity index (χ0n) is 48.7. The first-order chi connectivity index (χ1) is 43.5. The van der Waals surface area contributed by atoms with Gasteiger partial charge in [0.25, 0.3) is 0 Å². The van der Waals surface area contributed by atoms with Gasteiger partial charge >= 0.3 is 5.97 Å². The van der Waals surface area contributed by atoms with Crippen LogP contribution in [0, 0.1) is 0 Å². The number of hydrogen-bond donors (Lipinski definition) is 0. The molecule has 88 heavy (non-hydrogen) atoms. The van der Waals surface area contributed by atoms with Crippen molar-refractivity contribution in [2.45, 2.75) is 71.3 Å². The number of carbonyl (C=O) groups is 1. The van der Waals surface area contributed by atoms with Crippen LogP contribution >= 0.6 is 0 Å². The molecule has 12 rings (SSSR count). The summed E-state index contributed by atoms with van der Waals surface area (Å²) in [7, 11) is 0. The van der Waals surface area contributed by atoms with Crippen molar-refractivity contribution < 1.29 is 47.4 Å². The van der Waals surface area contributed by atoms with Crippen LogP contribution in [0.2, 0.25) is 0 Å². The summed E-state index contributed by atoms with van der Waals surface area (Å²) in [5.41, 5.74) is 10.2. The van der Waals surface area contributed by atoms with E-state index in [9.17, 15) is 0 Å². The Labute approximate surface area is 514 Å². The van der Waals surface area contributed by atoms with E-state index in [-0.39, 0.29) is 45.0 Å². The SMILES string of the molecule is O=C(OC1Cc2c(OCc3ccccc3)cc(OCc3ccccc3)c(Cc3ccccc3)c2OC1c1ccc(OCc2ccccc2)c(OCc2ccccc2)c1)c1cc(OCc2ccccc2)c(OCc2ccccc2)c(OCc2ccccc2)c1. The Balaban J connectivity index is 0.983. The molecule has 1 aliphatic rings. The lowest BCUT2D eigenvalue weighted by molar-refractivity contribution is -0.0194. The molecule has 0 saturated heterocycles. The molecule has 0 radical (unpaired) electrons. The van der Waals surface area contributed by atoms with Crippen LogP contribution in [0.5, 0.6) is 46.0 Å². The van der Waals surface area contributed by atoms with Gasteiger partial charge < -0.3 is 42.6 Å². The number of fused-ring (bicyclic) bond motifs is 1. The summed E-state index contributed by atoms with van der Waals surface area (Å²) in [6.07, 6.45) is -1.25. The second-order valence-corrected chi connectivity index (χ2v) is 21.4.